The molecule has 0 aliphatic carbocycles. The number of para-hydroxylation sites is 1. The molecule has 0 radical (unpaired) electrons. The van der Waals surface area contributed by atoms with Crippen LogP contribution in [0.5, 0.6) is 5.75 Å². The first-order valence-electron chi connectivity index (χ1n) is 10.1. The minimum atomic E-state index is -3.84. The largest absolute Gasteiger partial charge is 0.497 e. The number of nitrogens with one attached hydrogen (secondary N) is 2. The fourth-order valence-electron chi connectivity index (χ4n) is 3.51. The van der Waals surface area contributed by atoms with E-state index in [4.69, 9.17) is 4.74 Å². The van der Waals surface area contributed by atoms with Crippen molar-refractivity contribution < 1.29 is 22.7 Å². The Morgan fingerprint density at radius 2 is 1.65 bits per heavy atom. The topological polar surface area (TPSA) is 105 Å². The number of amides is 2. The smallest absolute Gasteiger partial charge is 0.241 e. The molecule has 2 amide bonds. The third kappa shape index (κ3) is 5.83. The molecule has 0 aromatic heterocycles. The fraction of sp³-hybridized carbons (Fsp3) is 0.364. The van der Waals surface area contributed by atoms with Gasteiger partial charge in [0.25, 0.3) is 0 Å². The van der Waals surface area contributed by atoms with Crippen LogP contribution in [-0.4, -0.2) is 51.4 Å². The lowest BCUT2D eigenvalue weighted by Crippen LogP contribution is -2.50. The zero-order chi connectivity index (χ0) is 22.4. The molecule has 0 spiro atoms. The summed E-state index contributed by atoms with van der Waals surface area (Å²) in [4.78, 5) is 26.9. The lowest BCUT2D eigenvalue weighted by atomic mass is 9.95. The summed E-state index contributed by atoms with van der Waals surface area (Å²) in [7, 11) is -2.35. The summed E-state index contributed by atoms with van der Waals surface area (Å²) in [5, 5.41) is 2.89. The maximum absolute atomic E-state index is 12.8. The van der Waals surface area contributed by atoms with Crippen LogP contribution in [0.3, 0.4) is 0 Å². The SMILES string of the molecule is COc1ccc(S(=O)(=O)N[C@H](C)C(=O)N2CCC(C(=O)Nc3ccccc3)CC2)cc1. The highest BCUT2D eigenvalue weighted by atomic mass is 32.2. The normalized spacial score (nSPS) is 15.9. The van der Waals surface area contributed by atoms with E-state index in [2.05, 4.69) is 10.0 Å². The molecule has 2 aromatic rings. The van der Waals surface area contributed by atoms with Crippen LogP contribution in [0, 0.1) is 5.92 Å². The van der Waals surface area contributed by atoms with E-state index in [-0.39, 0.29) is 22.6 Å². The van der Waals surface area contributed by atoms with Crippen LogP contribution in [0.1, 0.15) is 19.8 Å². The van der Waals surface area contributed by atoms with Crippen molar-refractivity contribution in [2.24, 2.45) is 5.92 Å². The second-order valence-corrected chi connectivity index (χ2v) is 9.19. The van der Waals surface area contributed by atoms with Gasteiger partial charge < -0.3 is 15.0 Å². The second kappa shape index (κ2) is 9.93. The van der Waals surface area contributed by atoms with Crippen LogP contribution < -0.4 is 14.8 Å². The molecule has 1 fully saturated rings. The standard InChI is InChI=1S/C22H27N3O5S/c1-16(24-31(28,29)20-10-8-19(30-2)9-11-20)22(27)25-14-12-17(13-15-25)21(26)23-18-6-4-3-5-7-18/h3-11,16-17,24H,12-15H2,1-2H3,(H,23,26)/t16-/m1/s1. The number of methoxy groups -OCH3 is 1. The molecule has 166 valence electrons. The third-order valence-corrected chi connectivity index (χ3v) is 6.85. The van der Waals surface area contributed by atoms with E-state index in [1.807, 2.05) is 30.3 Å². The van der Waals surface area contributed by atoms with Crippen LogP contribution in [0.25, 0.3) is 0 Å². The van der Waals surface area contributed by atoms with Gasteiger partial charge in [-0.25, -0.2) is 8.42 Å². The van der Waals surface area contributed by atoms with Crippen molar-refractivity contribution in [3.63, 3.8) is 0 Å². The van der Waals surface area contributed by atoms with E-state index >= 15 is 0 Å². The van der Waals surface area contributed by atoms with E-state index < -0.39 is 16.1 Å². The Morgan fingerprint density at radius 3 is 2.23 bits per heavy atom. The van der Waals surface area contributed by atoms with E-state index in [0.717, 1.165) is 5.69 Å². The second-order valence-electron chi connectivity index (χ2n) is 7.47. The Labute approximate surface area is 182 Å². The molecule has 1 heterocycles. The first-order chi connectivity index (χ1) is 14.8. The number of ether oxygens (including phenoxy) is 1. The van der Waals surface area contributed by atoms with E-state index in [1.165, 1.54) is 26.2 Å². The van der Waals surface area contributed by atoms with Gasteiger partial charge in [0.2, 0.25) is 21.8 Å². The van der Waals surface area contributed by atoms with Gasteiger partial charge in [0.15, 0.2) is 0 Å². The number of likely N-dealkylation sites (tertiary alicyclic amines) is 1. The molecule has 0 saturated carbocycles. The van der Waals surface area contributed by atoms with Gasteiger partial charge >= 0.3 is 0 Å². The number of nitrogens with zero attached hydrogens (tertiary/aromatic N) is 1. The number of hydrogen-bond acceptors (Lipinski definition) is 5. The van der Waals surface area contributed by atoms with Gasteiger partial charge in [0.05, 0.1) is 18.0 Å². The number of sulfonamides is 1. The summed E-state index contributed by atoms with van der Waals surface area (Å²) >= 11 is 0. The molecule has 1 saturated heterocycles. The zero-order valence-corrected chi connectivity index (χ0v) is 18.4. The number of hydrogen-bond donors (Lipinski definition) is 2. The highest BCUT2D eigenvalue weighted by molar-refractivity contribution is 7.89. The highest BCUT2D eigenvalue weighted by Crippen LogP contribution is 2.21. The van der Waals surface area contributed by atoms with Gasteiger partial charge in [0.1, 0.15) is 5.75 Å². The van der Waals surface area contributed by atoms with E-state index in [9.17, 15) is 18.0 Å². The number of piperidine rings is 1. The van der Waals surface area contributed by atoms with Crippen molar-refractivity contribution >= 4 is 27.5 Å². The maximum atomic E-state index is 12.8. The Balaban J connectivity index is 1.53. The molecule has 1 atom stereocenters. The molecule has 8 nitrogen and oxygen atoms in total. The average Bonchev–Trinajstić information content (AvgIpc) is 2.79. The minimum absolute atomic E-state index is 0.0595. The zero-order valence-electron chi connectivity index (χ0n) is 17.6. The van der Waals surface area contributed by atoms with Crippen molar-refractivity contribution in [3.8, 4) is 5.75 Å². The van der Waals surface area contributed by atoms with Gasteiger partial charge in [-0.1, -0.05) is 18.2 Å². The predicted octanol–water partition coefficient (Wildman–Crippen LogP) is 2.24. The predicted molar refractivity (Wildman–Crippen MR) is 117 cm³/mol. The molecule has 2 N–H and O–H groups in total. The van der Waals surface area contributed by atoms with E-state index in [0.29, 0.717) is 31.7 Å². The number of benzene rings is 2. The lowest BCUT2D eigenvalue weighted by molar-refractivity contribution is -0.135. The molecule has 31 heavy (non-hydrogen) atoms. The monoisotopic (exact) mass is 445 g/mol. The summed E-state index contributed by atoms with van der Waals surface area (Å²) in [6.45, 7) is 2.33. The Bertz CT molecular complexity index is 1000. The molecule has 1 aliphatic rings. The quantitative estimate of drug-likeness (QED) is 0.680. The van der Waals surface area contributed by atoms with Gasteiger partial charge in [0, 0.05) is 24.7 Å². The summed E-state index contributed by atoms with van der Waals surface area (Å²) in [6, 6.07) is 14.3. The fourth-order valence-corrected chi connectivity index (χ4v) is 4.70. The van der Waals surface area contributed by atoms with Crippen LogP contribution in [0.2, 0.25) is 0 Å². The van der Waals surface area contributed by atoms with E-state index in [1.54, 1.807) is 17.0 Å². The Kier molecular flexibility index (Phi) is 7.29. The molecular formula is C22H27N3O5S. The van der Waals surface area contributed by atoms with Crippen molar-refractivity contribution in [3.05, 3.63) is 54.6 Å². The number of anilines is 1. The highest BCUT2D eigenvalue weighted by Gasteiger charge is 2.31. The van der Waals surface area contributed by atoms with Crippen molar-refractivity contribution in [1.82, 2.24) is 9.62 Å². The Hall–Kier alpha value is -2.91. The van der Waals surface area contributed by atoms with Crippen LogP contribution in [0.4, 0.5) is 5.69 Å². The molecule has 1 aliphatic heterocycles. The van der Waals surface area contributed by atoms with Gasteiger partial charge in [-0.3, -0.25) is 9.59 Å². The van der Waals surface area contributed by atoms with Crippen LogP contribution in [0.15, 0.2) is 59.5 Å². The minimum Gasteiger partial charge on any atom is -0.497 e. The number of carbonyl (C=O) groups excluding carboxylic acids is 2. The number of rotatable bonds is 7. The first-order valence-corrected chi connectivity index (χ1v) is 11.6. The molecule has 0 unspecified atom stereocenters. The van der Waals surface area contributed by atoms with Crippen molar-refractivity contribution in [2.45, 2.75) is 30.7 Å². The van der Waals surface area contributed by atoms with Crippen LogP contribution >= 0.6 is 0 Å². The van der Waals surface area contributed by atoms with Crippen molar-refractivity contribution in [1.29, 1.82) is 0 Å². The van der Waals surface area contributed by atoms with Gasteiger partial charge in [-0.05, 0) is 56.2 Å². The molecule has 3 rings (SSSR count). The van der Waals surface area contributed by atoms with Crippen molar-refractivity contribution in [2.75, 3.05) is 25.5 Å². The summed E-state index contributed by atoms with van der Waals surface area (Å²) in [5.74, 6) is -0.0108. The first kappa shape index (κ1) is 22.8. The average molecular weight is 446 g/mol. The molecule has 0 bridgehead atoms. The summed E-state index contributed by atoms with van der Waals surface area (Å²) < 4.78 is 32.6. The van der Waals surface area contributed by atoms with Gasteiger partial charge in [-0.15, -0.1) is 0 Å². The molecular weight excluding hydrogens is 418 g/mol. The Morgan fingerprint density at radius 1 is 1.03 bits per heavy atom. The number of carbonyl (C=O) groups is 2. The lowest BCUT2D eigenvalue weighted by Gasteiger charge is -2.33. The molecule has 2 aromatic carbocycles. The third-order valence-electron chi connectivity index (χ3n) is 5.29. The van der Waals surface area contributed by atoms with Crippen LogP contribution in [-0.2, 0) is 19.6 Å². The van der Waals surface area contributed by atoms with Gasteiger partial charge in [-0.2, -0.15) is 4.72 Å². The summed E-state index contributed by atoms with van der Waals surface area (Å²) in [6.07, 6.45) is 1.06. The summed E-state index contributed by atoms with van der Waals surface area (Å²) in [5.41, 5.74) is 0.743. The maximum Gasteiger partial charge on any atom is 0.241 e. The molecule has 9 heteroatoms.